The standard InChI is InChI=1S/C13H12BrFN2/c1-8-4-10(16)7-11(5-8)17-13-3-2-9(14)6-12(13)15/h2-7,17H,16H2,1H3. The number of hydrogen-bond acceptors (Lipinski definition) is 2. The highest BCUT2D eigenvalue weighted by atomic mass is 79.9. The van der Waals surface area contributed by atoms with Gasteiger partial charge in [0.25, 0.3) is 0 Å². The maximum atomic E-state index is 13.6. The van der Waals surface area contributed by atoms with Gasteiger partial charge in [0.15, 0.2) is 0 Å². The van der Waals surface area contributed by atoms with Crippen LogP contribution in [0.1, 0.15) is 5.56 Å². The summed E-state index contributed by atoms with van der Waals surface area (Å²) in [6.45, 7) is 1.94. The van der Waals surface area contributed by atoms with E-state index in [0.717, 1.165) is 11.3 Å². The number of rotatable bonds is 2. The normalized spacial score (nSPS) is 10.3. The van der Waals surface area contributed by atoms with Gasteiger partial charge in [0, 0.05) is 15.8 Å². The number of aryl methyl sites for hydroxylation is 1. The van der Waals surface area contributed by atoms with Gasteiger partial charge in [-0.25, -0.2) is 4.39 Å². The highest BCUT2D eigenvalue weighted by molar-refractivity contribution is 9.10. The minimum absolute atomic E-state index is 0.306. The van der Waals surface area contributed by atoms with Crippen LogP contribution in [0.3, 0.4) is 0 Å². The second-order valence-electron chi connectivity index (χ2n) is 3.88. The first-order valence-corrected chi connectivity index (χ1v) is 5.93. The Hall–Kier alpha value is -1.55. The number of nitrogens with two attached hydrogens (primary N) is 1. The van der Waals surface area contributed by atoms with E-state index in [1.54, 1.807) is 18.2 Å². The molecule has 2 aromatic carbocycles. The average Bonchev–Trinajstić information content (AvgIpc) is 2.21. The molecule has 0 saturated carbocycles. The van der Waals surface area contributed by atoms with Crippen LogP contribution in [-0.4, -0.2) is 0 Å². The predicted octanol–water partition coefficient (Wildman–Crippen LogP) is 4.22. The van der Waals surface area contributed by atoms with Gasteiger partial charge in [-0.3, -0.25) is 0 Å². The van der Waals surface area contributed by atoms with Gasteiger partial charge in [0.2, 0.25) is 0 Å². The van der Waals surface area contributed by atoms with E-state index in [-0.39, 0.29) is 5.82 Å². The van der Waals surface area contributed by atoms with Gasteiger partial charge in [0.1, 0.15) is 5.82 Å². The lowest BCUT2D eigenvalue weighted by atomic mass is 10.2. The molecule has 88 valence electrons. The van der Waals surface area contributed by atoms with Crippen molar-refractivity contribution in [1.29, 1.82) is 0 Å². The highest BCUT2D eigenvalue weighted by Crippen LogP contribution is 2.25. The summed E-state index contributed by atoms with van der Waals surface area (Å²) in [5.74, 6) is -0.306. The van der Waals surface area contributed by atoms with Gasteiger partial charge in [0.05, 0.1) is 5.69 Å². The first-order valence-electron chi connectivity index (χ1n) is 5.14. The Morgan fingerprint density at radius 3 is 2.59 bits per heavy atom. The highest BCUT2D eigenvalue weighted by Gasteiger charge is 2.03. The lowest BCUT2D eigenvalue weighted by Gasteiger charge is -2.09. The lowest BCUT2D eigenvalue weighted by Crippen LogP contribution is -1.96. The van der Waals surface area contributed by atoms with Crippen molar-refractivity contribution in [3.05, 3.63) is 52.3 Å². The number of hydrogen-bond donors (Lipinski definition) is 2. The monoisotopic (exact) mass is 294 g/mol. The molecule has 0 radical (unpaired) electrons. The van der Waals surface area contributed by atoms with Gasteiger partial charge >= 0.3 is 0 Å². The molecule has 2 rings (SSSR count). The first-order chi connectivity index (χ1) is 8.04. The fraction of sp³-hybridized carbons (Fsp3) is 0.0769. The van der Waals surface area contributed by atoms with Gasteiger partial charge in [-0.15, -0.1) is 0 Å². The third-order valence-corrected chi connectivity index (χ3v) is 2.80. The molecule has 0 aliphatic carbocycles. The third kappa shape index (κ3) is 2.97. The zero-order valence-electron chi connectivity index (χ0n) is 9.30. The maximum absolute atomic E-state index is 13.6. The van der Waals surface area contributed by atoms with Crippen molar-refractivity contribution in [3.8, 4) is 0 Å². The van der Waals surface area contributed by atoms with Crippen LogP contribution in [0.2, 0.25) is 0 Å². The summed E-state index contributed by atoms with van der Waals surface area (Å²) in [5.41, 5.74) is 8.63. The molecule has 0 unspecified atom stereocenters. The third-order valence-electron chi connectivity index (χ3n) is 2.31. The summed E-state index contributed by atoms with van der Waals surface area (Å²) >= 11 is 3.22. The summed E-state index contributed by atoms with van der Waals surface area (Å²) in [6, 6.07) is 10.4. The van der Waals surface area contributed by atoms with Crippen LogP contribution in [0, 0.1) is 12.7 Å². The largest absolute Gasteiger partial charge is 0.399 e. The molecule has 3 N–H and O–H groups in total. The molecular formula is C13H12BrFN2. The second-order valence-corrected chi connectivity index (χ2v) is 4.80. The average molecular weight is 295 g/mol. The molecule has 0 bridgehead atoms. The zero-order chi connectivity index (χ0) is 12.4. The Balaban J connectivity index is 2.31. The van der Waals surface area contributed by atoms with E-state index in [2.05, 4.69) is 21.2 Å². The van der Waals surface area contributed by atoms with E-state index in [1.807, 2.05) is 19.1 Å². The van der Waals surface area contributed by atoms with Crippen LogP contribution in [-0.2, 0) is 0 Å². The molecule has 0 amide bonds. The van der Waals surface area contributed by atoms with E-state index in [1.165, 1.54) is 6.07 Å². The van der Waals surface area contributed by atoms with Gasteiger partial charge < -0.3 is 11.1 Å². The van der Waals surface area contributed by atoms with E-state index < -0.39 is 0 Å². The van der Waals surface area contributed by atoms with E-state index in [4.69, 9.17) is 5.73 Å². The summed E-state index contributed by atoms with van der Waals surface area (Å²) < 4.78 is 14.3. The molecule has 0 heterocycles. The quantitative estimate of drug-likeness (QED) is 0.814. The minimum Gasteiger partial charge on any atom is -0.399 e. The van der Waals surface area contributed by atoms with Crippen LogP contribution in [0.25, 0.3) is 0 Å². The van der Waals surface area contributed by atoms with Crippen molar-refractivity contribution in [3.63, 3.8) is 0 Å². The summed E-state index contributed by atoms with van der Waals surface area (Å²) in [7, 11) is 0. The molecule has 0 aliphatic rings. The number of nitrogens with one attached hydrogen (secondary N) is 1. The van der Waals surface area contributed by atoms with Crippen molar-refractivity contribution in [2.45, 2.75) is 6.92 Å². The van der Waals surface area contributed by atoms with Crippen molar-refractivity contribution < 1.29 is 4.39 Å². The molecule has 2 aromatic rings. The SMILES string of the molecule is Cc1cc(N)cc(Nc2ccc(Br)cc2F)c1. The summed E-state index contributed by atoms with van der Waals surface area (Å²) in [4.78, 5) is 0. The van der Waals surface area contributed by atoms with Gasteiger partial charge in [-0.05, 0) is 48.9 Å². The lowest BCUT2D eigenvalue weighted by molar-refractivity contribution is 0.631. The van der Waals surface area contributed by atoms with Crippen LogP contribution >= 0.6 is 15.9 Å². The van der Waals surface area contributed by atoms with Crippen molar-refractivity contribution in [1.82, 2.24) is 0 Å². The molecule has 0 spiro atoms. The van der Waals surface area contributed by atoms with Crippen LogP contribution in [0.5, 0.6) is 0 Å². The maximum Gasteiger partial charge on any atom is 0.147 e. The smallest absolute Gasteiger partial charge is 0.147 e. The Labute approximate surface area is 108 Å². The Morgan fingerprint density at radius 1 is 1.18 bits per heavy atom. The molecule has 4 heteroatoms. The zero-order valence-corrected chi connectivity index (χ0v) is 10.9. The first kappa shape index (κ1) is 11.9. The van der Waals surface area contributed by atoms with E-state index in [9.17, 15) is 4.39 Å². The predicted molar refractivity (Wildman–Crippen MR) is 73.0 cm³/mol. The molecule has 0 aliphatic heterocycles. The number of benzene rings is 2. The molecule has 0 fully saturated rings. The van der Waals surface area contributed by atoms with Crippen molar-refractivity contribution >= 4 is 33.0 Å². The summed E-state index contributed by atoms with van der Waals surface area (Å²) in [5, 5.41) is 3.01. The fourth-order valence-electron chi connectivity index (χ4n) is 1.63. The Morgan fingerprint density at radius 2 is 1.94 bits per heavy atom. The molecule has 2 nitrogen and oxygen atoms in total. The minimum atomic E-state index is -0.306. The van der Waals surface area contributed by atoms with Gasteiger partial charge in [-0.1, -0.05) is 15.9 Å². The number of halogens is 2. The van der Waals surface area contributed by atoms with Crippen molar-refractivity contribution in [2.75, 3.05) is 11.1 Å². The fourth-order valence-corrected chi connectivity index (χ4v) is 1.96. The number of anilines is 3. The van der Waals surface area contributed by atoms with Crippen LogP contribution < -0.4 is 11.1 Å². The molecule has 0 saturated heterocycles. The topological polar surface area (TPSA) is 38.0 Å². The molecular weight excluding hydrogens is 283 g/mol. The van der Waals surface area contributed by atoms with E-state index in [0.29, 0.717) is 15.8 Å². The Kier molecular flexibility index (Phi) is 3.33. The summed E-state index contributed by atoms with van der Waals surface area (Å²) in [6.07, 6.45) is 0. The van der Waals surface area contributed by atoms with Crippen LogP contribution in [0.4, 0.5) is 21.5 Å². The second kappa shape index (κ2) is 4.75. The molecule has 17 heavy (non-hydrogen) atoms. The molecule has 0 atom stereocenters. The van der Waals surface area contributed by atoms with Crippen molar-refractivity contribution in [2.24, 2.45) is 0 Å². The Bertz CT molecular complexity index is 535. The van der Waals surface area contributed by atoms with E-state index >= 15 is 0 Å². The van der Waals surface area contributed by atoms with Gasteiger partial charge in [-0.2, -0.15) is 0 Å². The molecule has 0 aromatic heterocycles. The number of nitrogen functional groups attached to an aromatic ring is 1. The van der Waals surface area contributed by atoms with Crippen LogP contribution in [0.15, 0.2) is 40.9 Å².